The fraction of sp³-hybridized carbons (Fsp3) is 0.571. The van der Waals surface area contributed by atoms with Crippen molar-refractivity contribution < 1.29 is 13.2 Å². The second kappa shape index (κ2) is 5.31. The summed E-state index contributed by atoms with van der Waals surface area (Å²) >= 11 is 0. The molecule has 2 N–H and O–H groups in total. The van der Waals surface area contributed by atoms with Crippen LogP contribution in [0.1, 0.15) is 42.7 Å². The Labute approximate surface area is 105 Å². The minimum Gasteiger partial charge on any atom is -0.330 e. The van der Waals surface area contributed by atoms with Crippen LogP contribution in [0.5, 0.6) is 0 Å². The number of hydrogen-bond donors (Lipinski definition) is 1. The summed E-state index contributed by atoms with van der Waals surface area (Å²) in [6, 6.07) is 5.93. The lowest BCUT2D eigenvalue weighted by molar-refractivity contribution is -0.138. The SMILES string of the molecule is NCC1CCCCC1c1ccccc1C(F)(F)F. The summed E-state index contributed by atoms with van der Waals surface area (Å²) in [5, 5.41) is 0. The topological polar surface area (TPSA) is 26.0 Å². The molecule has 1 fully saturated rings. The second-order valence-corrected chi connectivity index (χ2v) is 4.97. The van der Waals surface area contributed by atoms with Crippen LogP contribution < -0.4 is 5.73 Å². The summed E-state index contributed by atoms with van der Waals surface area (Å²) in [6.45, 7) is 0.469. The van der Waals surface area contributed by atoms with Gasteiger partial charge >= 0.3 is 6.18 Å². The molecule has 0 bridgehead atoms. The first-order valence-corrected chi connectivity index (χ1v) is 6.40. The van der Waals surface area contributed by atoms with Crippen molar-refractivity contribution >= 4 is 0 Å². The molecule has 0 spiro atoms. The summed E-state index contributed by atoms with van der Waals surface area (Å²) in [5.41, 5.74) is 5.65. The van der Waals surface area contributed by atoms with Gasteiger partial charge in [0.2, 0.25) is 0 Å². The molecule has 2 atom stereocenters. The number of rotatable bonds is 2. The molecule has 0 amide bonds. The second-order valence-electron chi connectivity index (χ2n) is 4.97. The number of benzene rings is 1. The van der Waals surface area contributed by atoms with Gasteiger partial charge in [0, 0.05) is 0 Å². The Kier molecular flexibility index (Phi) is 3.95. The standard InChI is InChI=1S/C14H18F3N/c15-14(16,17)13-8-4-3-7-12(13)11-6-2-1-5-10(11)9-18/h3-4,7-8,10-11H,1-2,5-6,9,18H2. The Balaban J connectivity index is 2.37. The summed E-state index contributed by atoms with van der Waals surface area (Å²) < 4.78 is 39.0. The van der Waals surface area contributed by atoms with Gasteiger partial charge in [0.05, 0.1) is 5.56 Å². The molecular formula is C14H18F3N. The van der Waals surface area contributed by atoms with Crippen LogP contribution in [-0.2, 0) is 6.18 Å². The molecule has 0 aliphatic heterocycles. The molecule has 100 valence electrons. The lowest BCUT2D eigenvalue weighted by Crippen LogP contribution is -2.27. The van der Waals surface area contributed by atoms with Crippen LogP contribution in [0.25, 0.3) is 0 Å². The summed E-state index contributed by atoms with van der Waals surface area (Å²) in [7, 11) is 0. The van der Waals surface area contributed by atoms with Gasteiger partial charge in [-0.25, -0.2) is 0 Å². The van der Waals surface area contributed by atoms with E-state index in [2.05, 4.69) is 0 Å². The molecule has 1 aromatic carbocycles. The fourth-order valence-corrected chi connectivity index (χ4v) is 2.98. The number of halogens is 3. The molecule has 0 radical (unpaired) electrons. The number of nitrogens with two attached hydrogens (primary N) is 1. The van der Waals surface area contributed by atoms with E-state index in [1.807, 2.05) is 0 Å². The first-order chi connectivity index (χ1) is 8.54. The van der Waals surface area contributed by atoms with Gasteiger partial charge in [-0.15, -0.1) is 0 Å². The summed E-state index contributed by atoms with van der Waals surface area (Å²) in [6.07, 6.45) is -0.449. The third kappa shape index (κ3) is 2.69. The van der Waals surface area contributed by atoms with E-state index in [1.54, 1.807) is 12.1 Å². The maximum Gasteiger partial charge on any atom is 0.416 e. The number of hydrogen-bond acceptors (Lipinski definition) is 1. The molecule has 0 saturated heterocycles. The van der Waals surface area contributed by atoms with Crippen molar-refractivity contribution in [1.29, 1.82) is 0 Å². The highest BCUT2D eigenvalue weighted by Gasteiger charge is 2.37. The highest BCUT2D eigenvalue weighted by atomic mass is 19.4. The van der Waals surface area contributed by atoms with Crippen LogP contribution in [-0.4, -0.2) is 6.54 Å². The van der Waals surface area contributed by atoms with Gasteiger partial charge in [0.25, 0.3) is 0 Å². The molecule has 18 heavy (non-hydrogen) atoms. The van der Waals surface area contributed by atoms with Crippen molar-refractivity contribution in [1.82, 2.24) is 0 Å². The lowest BCUT2D eigenvalue weighted by atomic mass is 9.74. The van der Waals surface area contributed by atoms with Crippen LogP contribution in [0.15, 0.2) is 24.3 Å². The zero-order chi connectivity index (χ0) is 13.2. The van der Waals surface area contributed by atoms with Crippen molar-refractivity contribution in [2.24, 2.45) is 11.7 Å². The van der Waals surface area contributed by atoms with Gasteiger partial charge in [0.1, 0.15) is 0 Å². The maximum absolute atomic E-state index is 13.0. The molecule has 2 rings (SSSR count). The van der Waals surface area contributed by atoms with Crippen molar-refractivity contribution in [3.05, 3.63) is 35.4 Å². The van der Waals surface area contributed by atoms with Crippen molar-refractivity contribution in [2.45, 2.75) is 37.8 Å². The third-order valence-electron chi connectivity index (χ3n) is 3.88. The minimum absolute atomic E-state index is 0.0402. The molecule has 1 aromatic rings. The van der Waals surface area contributed by atoms with Crippen molar-refractivity contribution in [3.63, 3.8) is 0 Å². The van der Waals surface area contributed by atoms with Crippen LogP contribution in [0, 0.1) is 5.92 Å². The Hall–Kier alpha value is -1.03. The van der Waals surface area contributed by atoms with Crippen LogP contribution in [0.2, 0.25) is 0 Å². The molecule has 1 aliphatic carbocycles. The predicted molar refractivity (Wildman–Crippen MR) is 65.2 cm³/mol. The Morgan fingerprint density at radius 1 is 1.11 bits per heavy atom. The Bertz CT molecular complexity index is 400. The quantitative estimate of drug-likeness (QED) is 0.853. The monoisotopic (exact) mass is 257 g/mol. The molecule has 4 heteroatoms. The van der Waals surface area contributed by atoms with Crippen LogP contribution >= 0.6 is 0 Å². The van der Waals surface area contributed by atoms with Crippen molar-refractivity contribution in [2.75, 3.05) is 6.54 Å². The smallest absolute Gasteiger partial charge is 0.330 e. The lowest BCUT2D eigenvalue weighted by Gasteiger charge is -2.32. The zero-order valence-corrected chi connectivity index (χ0v) is 10.2. The van der Waals surface area contributed by atoms with E-state index >= 15 is 0 Å². The number of alkyl halides is 3. The summed E-state index contributed by atoms with van der Waals surface area (Å²) in [5.74, 6) is 0.142. The van der Waals surface area contributed by atoms with E-state index in [-0.39, 0.29) is 11.8 Å². The zero-order valence-electron chi connectivity index (χ0n) is 10.2. The van der Waals surface area contributed by atoms with Crippen LogP contribution in [0.4, 0.5) is 13.2 Å². The highest BCUT2D eigenvalue weighted by molar-refractivity contribution is 5.33. The molecular weight excluding hydrogens is 239 g/mol. The van der Waals surface area contributed by atoms with E-state index in [1.165, 1.54) is 12.1 Å². The van der Waals surface area contributed by atoms with E-state index in [4.69, 9.17) is 5.73 Å². The van der Waals surface area contributed by atoms with Gasteiger partial charge in [0.15, 0.2) is 0 Å². The Morgan fingerprint density at radius 2 is 1.78 bits per heavy atom. The van der Waals surface area contributed by atoms with Gasteiger partial charge < -0.3 is 5.73 Å². The van der Waals surface area contributed by atoms with Gasteiger partial charge in [-0.3, -0.25) is 0 Å². The predicted octanol–water partition coefficient (Wildman–Crippen LogP) is 3.94. The van der Waals surface area contributed by atoms with E-state index in [0.717, 1.165) is 25.7 Å². The van der Waals surface area contributed by atoms with Gasteiger partial charge in [-0.2, -0.15) is 13.2 Å². The van der Waals surface area contributed by atoms with E-state index in [9.17, 15) is 13.2 Å². The minimum atomic E-state index is -4.27. The molecule has 2 unspecified atom stereocenters. The van der Waals surface area contributed by atoms with E-state index in [0.29, 0.717) is 12.1 Å². The molecule has 1 aliphatic rings. The summed E-state index contributed by atoms with van der Waals surface area (Å²) in [4.78, 5) is 0. The third-order valence-corrected chi connectivity index (χ3v) is 3.88. The highest BCUT2D eigenvalue weighted by Crippen LogP contribution is 2.42. The average Bonchev–Trinajstić information content (AvgIpc) is 2.37. The molecule has 1 nitrogen and oxygen atoms in total. The fourth-order valence-electron chi connectivity index (χ4n) is 2.98. The first-order valence-electron chi connectivity index (χ1n) is 6.40. The molecule has 1 saturated carbocycles. The average molecular weight is 257 g/mol. The molecule has 0 heterocycles. The largest absolute Gasteiger partial charge is 0.416 e. The normalized spacial score (nSPS) is 25.1. The maximum atomic E-state index is 13.0. The van der Waals surface area contributed by atoms with Gasteiger partial charge in [-0.1, -0.05) is 31.0 Å². The van der Waals surface area contributed by atoms with Crippen molar-refractivity contribution in [3.8, 4) is 0 Å². The molecule has 0 aromatic heterocycles. The Morgan fingerprint density at radius 3 is 2.44 bits per heavy atom. The van der Waals surface area contributed by atoms with Crippen LogP contribution in [0.3, 0.4) is 0 Å². The van der Waals surface area contributed by atoms with Gasteiger partial charge in [-0.05, 0) is 42.9 Å². The van der Waals surface area contributed by atoms with E-state index < -0.39 is 11.7 Å². The first kappa shape index (κ1) is 13.4.